The highest BCUT2D eigenvalue weighted by Crippen LogP contribution is 2.38. The summed E-state index contributed by atoms with van der Waals surface area (Å²) >= 11 is 14.0. The molecule has 0 aliphatic heterocycles. The van der Waals surface area contributed by atoms with Gasteiger partial charge in [-0.05, 0) is 15.9 Å². The van der Waals surface area contributed by atoms with Crippen LogP contribution in [0.1, 0.15) is 0 Å². The number of rotatable bonds is 1. The van der Waals surface area contributed by atoms with Gasteiger partial charge in [-0.15, -0.1) is 0 Å². The number of nitrogens with two attached hydrogens (primary N) is 1. The van der Waals surface area contributed by atoms with Gasteiger partial charge in [0, 0.05) is 0 Å². The first kappa shape index (κ1) is 10.5. The summed E-state index contributed by atoms with van der Waals surface area (Å²) < 4.78 is 0.172. The van der Waals surface area contributed by atoms with E-state index in [1.807, 2.05) is 0 Å². The average Bonchev–Trinajstić information content (AvgIpc) is 1.99. The molecule has 1 aromatic heterocycles. The standard InChI is InChI=1S/C5H2BrCl2N3O2/c6-1-2(9)3(11(12)13)5(8)10-4(1)7/h(H2,9,10). The normalized spacial score (nSPS) is 10.1. The molecule has 70 valence electrons. The second-order valence-electron chi connectivity index (χ2n) is 2.03. The Morgan fingerprint density at radius 2 is 2.00 bits per heavy atom. The number of pyridine rings is 1. The zero-order valence-corrected chi connectivity index (χ0v) is 9.02. The lowest BCUT2D eigenvalue weighted by molar-refractivity contribution is -0.384. The molecule has 0 bridgehead atoms. The minimum atomic E-state index is -0.717. The SMILES string of the molecule is Nc1c(Br)c(Cl)nc(Cl)c1[N+](=O)[O-]. The van der Waals surface area contributed by atoms with Crippen LogP contribution in [0, 0.1) is 10.1 Å². The lowest BCUT2D eigenvalue weighted by Crippen LogP contribution is -1.99. The fraction of sp³-hybridized carbons (Fsp3) is 0. The molecular formula is C5H2BrCl2N3O2. The van der Waals surface area contributed by atoms with Gasteiger partial charge >= 0.3 is 5.69 Å². The minimum Gasteiger partial charge on any atom is -0.392 e. The number of halogens is 3. The highest BCUT2D eigenvalue weighted by Gasteiger charge is 2.23. The summed E-state index contributed by atoms with van der Waals surface area (Å²) in [4.78, 5) is 13.2. The summed E-state index contributed by atoms with van der Waals surface area (Å²) in [5.41, 5.74) is 4.81. The Hall–Kier alpha value is -0.590. The third-order valence-corrected chi connectivity index (χ3v) is 2.82. The molecule has 0 saturated heterocycles. The molecular weight excluding hydrogens is 285 g/mol. The highest BCUT2D eigenvalue weighted by atomic mass is 79.9. The molecule has 0 aliphatic carbocycles. The van der Waals surface area contributed by atoms with Gasteiger partial charge in [0.25, 0.3) is 0 Å². The van der Waals surface area contributed by atoms with Gasteiger partial charge in [-0.25, -0.2) is 4.98 Å². The Balaban J connectivity index is 3.53. The van der Waals surface area contributed by atoms with Crippen LogP contribution >= 0.6 is 39.1 Å². The summed E-state index contributed by atoms with van der Waals surface area (Å²) in [6.45, 7) is 0. The molecule has 8 heteroatoms. The van der Waals surface area contributed by atoms with E-state index in [-0.39, 0.29) is 20.5 Å². The second kappa shape index (κ2) is 3.65. The van der Waals surface area contributed by atoms with E-state index in [1.165, 1.54) is 0 Å². The third-order valence-electron chi connectivity index (χ3n) is 1.25. The number of anilines is 1. The molecule has 0 spiro atoms. The van der Waals surface area contributed by atoms with Gasteiger partial charge in [-0.2, -0.15) is 0 Å². The highest BCUT2D eigenvalue weighted by molar-refractivity contribution is 9.10. The van der Waals surface area contributed by atoms with Gasteiger partial charge in [0.15, 0.2) is 0 Å². The Labute approximate surface area is 91.1 Å². The first-order valence-corrected chi connectivity index (χ1v) is 4.44. The van der Waals surface area contributed by atoms with Gasteiger partial charge in [0.1, 0.15) is 10.8 Å². The van der Waals surface area contributed by atoms with Crippen molar-refractivity contribution >= 4 is 50.5 Å². The van der Waals surface area contributed by atoms with Crippen LogP contribution in [-0.4, -0.2) is 9.91 Å². The van der Waals surface area contributed by atoms with Crippen molar-refractivity contribution in [1.82, 2.24) is 4.98 Å². The van der Waals surface area contributed by atoms with Gasteiger partial charge in [-0.1, -0.05) is 23.2 Å². The molecule has 0 saturated carbocycles. The molecule has 0 amide bonds. The molecule has 0 unspecified atom stereocenters. The minimum absolute atomic E-state index is 0.00639. The van der Waals surface area contributed by atoms with E-state index in [4.69, 9.17) is 28.9 Å². The average molecular weight is 287 g/mol. The third kappa shape index (κ3) is 1.84. The Kier molecular flexibility index (Phi) is 2.94. The van der Waals surface area contributed by atoms with E-state index in [1.54, 1.807) is 0 Å². The van der Waals surface area contributed by atoms with E-state index < -0.39 is 10.6 Å². The predicted molar refractivity (Wildman–Crippen MR) is 53.0 cm³/mol. The van der Waals surface area contributed by atoms with E-state index in [2.05, 4.69) is 20.9 Å². The van der Waals surface area contributed by atoms with Gasteiger partial charge in [0.2, 0.25) is 5.15 Å². The van der Waals surface area contributed by atoms with Crippen LogP contribution < -0.4 is 5.73 Å². The van der Waals surface area contributed by atoms with Crippen molar-refractivity contribution in [3.8, 4) is 0 Å². The van der Waals surface area contributed by atoms with Crippen LogP contribution in [0.2, 0.25) is 10.3 Å². The number of hydrogen-bond acceptors (Lipinski definition) is 4. The van der Waals surface area contributed by atoms with Crippen LogP contribution in [0.4, 0.5) is 11.4 Å². The van der Waals surface area contributed by atoms with Crippen LogP contribution in [-0.2, 0) is 0 Å². The summed E-state index contributed by atoms with van der Waals surface area (Å²) in [6, 6.07) is 0. The monoisotopic (exact) mass is 285 g/mol. The summed E-state index contributed by atoms with van der Waals surface area (Å²) in [5.74, 6) is 0. The van der Waals surface area contributed by atoms with Crippen LogP contribution in [0.25, 0.3) is 0 Å². The lowest BCUT2D eigenvalue weighted by Gasteiger charge is -2.02. The van der Waals surface area contributed by atoms with E-state index >= 15 is 0 Å². The van der Waals surface area contributed by atoms with Crippen molar-refractivity contribution in [2.75, 3.05) is 5.73 Å². The van der Waals surface area contributed by atoms with Crippen molar-refractivity contribution in [2.24, 2.45) is 0 Å². The number of nitrogens with zero attached hydrogens (tertiary/aromatic N) is 2. The van der Waals surface area contributed by atoms with E-state index in [0.29, 0.717) is 0 Å². The van der Waals surface area contributed by atoms with Crippen molar-refractivity contribution in [3.05, 3.63) is 24.9 Å². The summed E-state index contributed by atoms with van der Waals surface area (Å²) in [5, 5.41) is 10.1. The molecule has 1 heterocycles. The quantitative estimate of drug-likeness (QED) is 0.489. The van der Waals surface area contributed by atoms with Crippen molar-refractivity contribution in [1.29, 1.82) is 0 Å². The van der Waals surface area contributed by atoms with Gasteiger partial charge in [-0.3, -0.25) is 10.1 Å². The number of aromatic nitrogens is 1. The van der Waals surface area contributed by atoms with Crippen molar-refractivity contribution < 1.29 is 4.92 Å². The lowest BCUT2D eigenvalue weighted by atomic mass is 10.3. The predicted octanol–water partition coefficient (Wildman–Crippen LogP) is 2.64. The molecule has 0 fully saturated rings. The molecule has 0 radical (unpaired) electrons. The van der Waals surface area contributed by atoms with E-state index in [0.717, 1.165) is 0 Å². The smallest absolute Gasteiger partial charge is 0.330 e. The second-order valence-corrected chi connectivity index (χ2v) is 3.54. The first-order chi connectivity index (χ1) is 5.95. The molecule has 0 aromatic carbocycles. The maximum absolute atomic E-state index is 10.4. The van der Waals surface area contributed by atoms with Gasteiger partial charge in [0.05, 0.1) is 9.40 Å². The number of nitrogen functional groups attached to an aromatic ring is 1. The van der Waals surface area contributed by atoms with Crippen molar-refractivity contribution in [3.63, 3.8) is 0 Å². The molecule has 1 rings (SSSR count). The van der Waals surface area contributed by atoms with E-state index in [9.17, 15) is 10.1 Å². The fourth-order valence-electron chi connectivity index (χ4n) is 0.688. The molecule has 13 heavy (non-hydrogen) atoms. The molecule has 1 aromatic rings. The number of nitro groups is 1. The Morgan fingerprint density at radius 1 is 1.46 bits per heavy atom. The Morgan fingerprint density at radius 3 is 2.46 bits per heavy atom. The molecule has 5 nitrogen and oxygen atoms in total. The molecule has 2 N–H and O–H groups in total. The number of hydrogen-bond donors (Lipinski definition) is 1. The van der Waals surface area contributed by atoms with Crippen LogP contribution in [0.15, 0.2) is 4.47 Å². The fourth-order valence-corrected chi connectivity index (χ4v) is 1.45. The maximum atomic E-state index is 10.4. The van der Waals surface area contributed by atoms with Gasteiger partial charge < -0.3 is 5.73 Å². The largest absolute Gasteiger partial charge is 0.392 e. The molecule has 0 atom stereocenters. The van der Waals surface area contributed by atoms with Crippen LogP contribution in [0.3, 0.4) is 0 Å². The molecule has 0 aliphatic rings. The zero-order chi connectivity index (χ0) is 10.2. The first-order valence-electron chi connectivity index (χ1n) is 2.89. The van der Waals surface area contributed by atoms with Crippen LogP contribution in [0.5, 0.6) is 0 Å². The summed E-state index contributed by atoms with van der Waals surface area (Å²) in [7, 11) is 0. The summed E-state index contributed by atoms with van der Waals surface area (Å²) in [6.07, 6.45) is 0. The maximum Gasteiger partial charge on any atom is 0.330 e. The van der Waals surface area contributed by atoms with Crippen molar-refractivity contribution in [2.45, 2.75) is 0 Å². The topological polar surface area (TPSA) is 82.0 Å². The Bertz CT molecular complexity index is 385. The zero-order valence-electron chi connectivity index (χ0n) is 5.92.